The molecule has 0 aromatic carbocycles. The zero-order chi connectivity index (χ0) is 14.7. The van der Waals surface area contributed by atoms with Crippen molar-refractivity contribution >= 4 is 17.2 Å². The van der Waals surface area contributed by atoms with Crippen molar-refractivity contribution in [3.8, 4) is 0 Å². The van der Waals surface area contributed by atoms with E-state index in [4.69, 9.17) is 0 Å². The summed E-state index contributed by atoms with van der Waals surface area (Å²) < 4.78 is 0. The van der Waals surface area contributed by atoms with Crippen LogP contribution < -0.4 is 15.8 Å². The molecule has 7 heteroatoms. The number of hydrogen-bond acceptors (Lipinski definition) is 6. The van der Waals surface area contributed by atoms with Crippen molar-refractivity contribution in [3.63, 3.8) is 0 Å². The van der Waals surface area contributed by atoms with Crippen LogP contribution in [0.15, 0.2) is 22.7 Å². The number of anilines is 1. The van der Waals surface area contributed by atoms with Crippen LogP contribution in [0, 0.1) is 6.92 Å². The Morgan fingerprint density at radius 2 is 2.43 bits per heavy atom. The molecule has 1 aliphatic rings. The first-order valence-electron chi connectivity index (χ1n) is 7.15. The molecule has 1 unspecified atom stereocenters. The molecule has 0 aliphatic carbocycles. The van der Waals surface area contributed by atoms with Gasteiger partial charge < -0.3 is 15.2 Å². The van der Waals surface area contributed by atoms with Gasteiger partial charge in [-0.1, -0.05) is 0 Å². The summed E-state index contributed by atoms with van der Waals surface area (Å²) in [4.78, 5) is 26.3. The summed E-state index contributed by atoms with van der Waals surface area (Å²) in [6.45, 7) is 4.58. The lowest BCUT2D eigenvalue weighted by Crippen LogP contribution is -2.47. The van der Waals surface area contributed by atoms with Crippen LogP contribution in [-0.4, -0.2) is 34.1 Å². The topological polar surface area (TPSA) is 73.9 Å². The zero-order valence-corrected chi connectivity index (χ0v) is 12.8. The van der Waals surface area contributed by atoms with Gasteiger partial charge in [0.05, 0.1) is 11.2 Å². The summed E-state index contributed by atoms with van der Waals surface area (Å²) in [5, 5.41) is 3.57. The fourth-order valence-corrected chi connectivity index (χ4v) is 3.37. The highest BCUT2D eigenvalue weighted by Gasteiger charge is 2.22. The minimum atomic E-state index is -0.114. The molecular formula is C14H19N5OS. The summed E-state index contributed by atoms with van der Waals surface area (Å²) >= 11 is 1.68. The second-order valence-corrected chi connectivity index (χ2v) is 6.21. The number of nitrogens with one attached hydrogen (secondary N) is 2. The quantitative estimate of drug-likeness (QED) is 0.890. The minimum absolute atomic E-state index is 0.114. The molecule has 3 heterocycles. The smallest absolute Gasteiger partial charge is 0.290 e. The molecule has 0 radical (unpaired) electrons. The summed E-state index contributed by atoms with van der Waals surface area (Å²) in [6, 6.07) is 0.377. The zero-order valence-electron chi connectivity index (χ0n) is 12.0. The molecule has 0 spiro atoms. The Balaban J connectivity index is 1.62. The van der Waals surface area contributed by atoms with Crippen molar-refractivity contribution < 1.29 is 0 Å². The predicted molar refractivity (Wildman–Crippen MR) is 83.8 cm³/mol. The number of nitrogens with zero attached hydrogens (tertiary/aromatic N) is 3. The fourth-order valence-electron chi connectivity index (χ4n) is 2.64. The first-order chi connectivity index (χ1) is 10.2. The number of aromatic nitrogens is 3. The van der Waals surface area contributed by atoms with Crippen molar-refractivity contribution in [2.45, 2.75) is 32.4 Å². The van der Waals surface area contributed by atoms with E-state index in [9.17, 15) is 4.79 Å². The van der Waals surface area contributed by atoms with E-state index < -0.39 is 0 Å². The van der Waals surface area contributed by atoms with Crippen molar-refractivity contribution in [2.75, 3.05) is 18.0 Å². The lowest BCUT2D eigenvalue weighted by Gasteiger charge is -2.33. The van der Waals surface area contributed by atoms with Gasteiger partial charge in [-0.25, -0.2) is 9.97 Å². The summed E-state index contributed by atoms with van der Waals surface area (Å²) in [6.07, 6.45) is 5.39. The van der Waals surface area contributed by atoms with Gasteiger partial charge in [-0.15, -0.1) is 11.3 Å². The molecule has 2 aromatic rings. The number of H-pyrrole nitrogens is 1. The van der Waals surface area contributed by atoms with Gasteiger partial charge in [0.25, 0.3) is 5.56 Å². The van der Waals surface area contributed by atoms with E-state index in [1.54, 1.807) is 23.7 Å². The van der Waals surface area contributed by atoms with Crippen LogP contribution in [0.3, 0.4) is 0 Å². The van der Waals surface area contributed by atoms with Gasteiger partial charge >= 0.3 is 0 Å². The first kappa shape index (κ1) is 14.2. The second kappa shape index (κ2) is 6.36. The summed E-state index contributed by atoms with van der Waals surface area (Å²) in [7, 11) is 0. The molecule has 112 valence electrons. The number of rotatable bonds is 4. The van der Waals surface area contributed by atoms with Gasteiger partial charge in [0.2, 0.25) is 0 Å². The minimum Gasteiger partial charge on any atom is -0.350 e. The SMILES string of the molecule is Cc1ncsc1CNC1CCCN(c2ncc[nH]c2=O)C1. The average Bonchev–Trinajstić information content (AvgIpc) is 2.91. The maximum absolute atomic E-state index is 11.8. The molecular weight excluding hydrogens is 286 g/mol. The third kappa shape index (κ3) is 3.30. The van der Waals surface area contributed by atoms with Crippen molar-refractivity contribution in [3.05, 3.63) is 38.8 Å². The van der Waals surface area contributed by atoms with E-state index in [0.29, 0.717) is 11.9 Å². The van der Waals surface area contributed by atoms with Crippen LogP contribution >= 0.6 is 11.3 Å². The number of hydrogen-bond donors (Lipinski definition) is 2. The largest absolute Gasteiger partial charge is 0.350 e. The summed E-state index contributed by atoms with van der Waals surface area (Å²) in [5.74, 6) is 0.526. The average molecular weight is 305 g/mol. The van der Waals surface area contributed by atoms with E-state index in [-0.39, 0.29) is 5.56 Å². The Morgan fingerprint density at radius 3 is 3.19 bits per heavy atom. The van der Waals surface area contributed by atoms with Crippen molar-refractivity contribution in [2.24, 2.45) is 0 Å². The third-order valence-corrected chi connectivity index (χ3v) is 4.74. The highest BCUT2D eigenvalue weighted by atomic mass is 32.1. The maximum atomic E-state index is 11.8. The molecule has 1 fully saturated rings. The van der Waals surface area contributed by atoms with E-state index in [1.807, 2.05) is 12.4 Å². The van der Waals surface area contributed by atoms with Gasteiger partial charge in [0, 0.05) is 42.9 Å². The molecule has 0 amide bonds. The Bertz CT molecular complexity index is 653. The Hall–Kier alpha value is -1.73. The molecule has 0 saturated carbocycles. The van der Waals surface area contributed by atoms with Gasteiger partial charge in [-0.3, -0.25) is 4.79 Å². The van der Waals surface area contributed by atoms with Crippen LogP contribution in [0.25, 0.3) is 0 Å². The number of aryl methyl sites for hydroxylation is 1. The normalized spacial score (nSPS) is 18.9. The fraction of sp³-hybridized carbons (Fsp3) is 0.500. The molecule has 6 nitrogen and oxygen atoms in total. The summed E-state index contributed by atoms with van der Waals surface area (Å²) in [5.41, 5.74) is 2.87. The standard InChI is InChI=1S/C14H19N5OS/c1-10-12(21-9-18-10)7-17-11-3-2-6-19(8-11)13-14(20)16-5-4-15-13/h4-5,9,11,17H,2-3,6-8H2,1H3,(H,16,20). The van der Waals surface area contributed by atoms with Crippen LogP contribution in [-0.2, 0) is 6.54 Å². The molecule has 1 aliphatic heterocycles. The van der Waals surface area contributed by atoms with Crippen LogP contribution in [0.4, 0.5) is 5.82 Å². The molecule has 1 saturated heterocycles. The molecule has 2 N–H and O–H groups in total. The predicted octanol–water partition coefficient (Wildman–Crippen LogP) is 1.29. The van der Waals surface area contributed by atoms with Gasteiger partial charge in [-0.2, -0.15) is 0 Å². The molecule has 3 rings (SSSR count). The molecule has 0 bridgehead atoms. The molecule has 21 heavy (non-hydrogen) atoms. The van der Waals surface area contributed by atoms with Gasteiger partial charge in [-0.05, 0) is 19.8 Å². The molecule has 1 atom stereocenters. The van der Waals surface area contributed by atoms with E-state index in [2.05, 4.69) is 25.2 Å². The lowest BCUT2D eigenvalue weighted by molar-refractivity contribution is 0.420. The van der Waals surface area contributed by atoms with E-state index in [0.717, 1.165) is 38.2 Å². The number of piperidine rings is 1. The van der Waals surface area contributed by atoms with Crippen LogP contribution in [0.5, 0.6) is 0 Å². The first-order valence-corrected chi connectivity index (χ1v) is 8.03. The second-order valence-electron chi connectivity index (χ2n) is 5.27. The number of aromatic amines is 1. The van der Waals surface area contributed by atoms with Gasteiger partial charge in [0.1, 0.15) is 0 Å². The highest BCUT2D eigenvalue weighted by molar-refractivity contribution is 7.09. The van der Waals surface area contributed by atoms with Crippen molar-refractivity contribution in [1.82, 2.24) is 20.3 Å². The third-order valence-electron chi connectivity index (χ3n) is 3.81. The lowest BCUT2D eigenvalue weighted by atomic mass is 10.1. The van der Waals surface area contributed by atoms with Gasteiger partial charge in [0.15, 0.2) is 5.82 Å². The van der Waals surface area contributed by atoms with E-state index >= 15 is 0 Å². The van der Waals surface area contributed by atoms with Crippen LogP contribution in [0.2, 0.25) is 0 Å². The Labute approximate surface area is 127 Å². The van der Waals surface area contributed by atoms with Crippen molar-refractivity contribution in [1.29, 1.82) is 0 Å². The van der Waals surface area contributed by atoms with Crippen LogP contribution in [0.1, 0.15) is 23.4 Å². The Kier molecular flexibility index (Phi) is 4.31. The van der Waals surface area contributed by atoms with E-state index in [1.165, 1.54) is 4.88 Å². The monoisotopic (exact) mass is 305 g/mol. The Morgan fingerprint density at radius 1 is 1.52 bits per heavy atom. The number of thiazole rings is 1. The highest BCUT2D eigenvalue weighted by Crippen LogP contribution is 2.16. The molecule has 2 aromatic heterocycles. The maximum Gasteiger partial charge on any atom is 0.290 e.